The molecule has 0 radical (unpaired) electrons. The van der Waals surface area contributed by atoms with Crippen LogP contribution in [0.15, 0.2) is 42.5 Å². The molecular weight excluding hydrogens is 337 g/mol. The van der Waals surface area contributed by atoms with E-state index in [1.54, 1.807) is 7.11 Å². The molecule has 2 aromatic rings. The van der Waals surface area contributed by atoms with Crippen LogP contribution in [0.1, 0.15) is 11.1 Å². The lowest BCUT2D eigenvalue weighted by Crippen LogP contribution is -2.01. The predicted molar refractivity (Wildman–Crippen MR) is 84.2 cm³/mol. The number of anilines is 1. The van der Waals surface area contributed by atoms with Gasteiger partial charge in [-0.1, -0.05) is 24.3 Å². The van der Waals surface area contributed by atoms with Crippen molar-refractivity contribution in [3.8, 4) is 5.75 Å². The van der Waals surface area contributed by atoms with Crippen LogP contribution in [0.3, 0.4) is 0 Å². The molecule has 0 unspecified atom stereocenters. The van der Waals surface area contributed by atoms with Gasteiger partial charge in [-0.3, -0.25) is 0 Å². The zero-order valence-electron chi connectivity index (χ0n) is 10.5. The number of hydrogen-bond donors (Lipinski definition) is 1. The van der Waals surface area contributed by atoms with Gasteiger partial charge in [0.15, 0.2) is 0 Å². The second kappa shape index (κ2) is 6.09. The Morgan fingerprint density at radius 3 is 2.67 bits per heavy atom. The number of methoxy groups -OCH3 is 1. The molecule has 0 aliphatic rings. The van der Waals surface area contributed by atoms with Crippen LogP contribution in [0.25, 0.3) is 0 Å². The zero-order chi connectivity index (χ0) is 13.0. The van der Waals surface area contributed by atoms with Crippen LogP contribution < -0.4 is 10.1 Å². The highest BCUT2D eigenvalue weighted by molar-refractivity contribution is 14.1. The summed E-state index contributed by atoms with van der Waals surface area (Å²) in [5, 5.41) is 3.42. The van der Waals surface area contributed by atoms with E-state index in [1.165, 1.54) is 9.13 Å². The normalized spacial score (nSPS) is 10.2. The number of rotatable bonds is 4. The van der Waals surface area contributed by atoms with Crippen LogP contribution in [0, 0.1) is 10.5 Å². The molecular formula is C15H16INO. The first-order valence-corrected chi connectivity index (χ1v) is 6.90. The van der Waals surface area contributed by atoms with Crippen molar-refractivity contribution in [3.05, 3.63) is 57.2 Å². The van der Waals surface area contributed by atoms with Crippen molar-refractivity contribution in [2.45, 2.75) is 13.5 Å². The molecule has 0 amide bonds. The molecule has 2 rings (SSSR count). The highest BCUT2D eigenvalue weighted by atomic mass is 127. The second-order valence-electron chi connectivity index (χ2n) is 4.13. The van der Waals surface area contributed by atoms with Gasteiger partial charge in [0, 0.05) is 21.4 Å². The Morgan fingerprint density at radius 1 is 1.17 bits per heavy atom. The lowest BCUT2D eigenvalue weighted by atomic mass is 10.2. The Morgan fingerprint density at radius 2 is 1.94 bits per heavy atom. The van der Waals surface area contributed by atoms with E-state index < -0.39 is 0 Å². The summed E-state index contributed by atoms with van der Waals surface area (Å²) in [6.45, 7) is 2.88. The molecule has 0 aliphatic heterocycles. The Balaban J connectivity index is 2.09. The molecule has 0 aliphatic carbocycles. The molecule has 94 valence electrons. The van der Waals surface area contributed by atoms with Gasteiger partial charge in [-0.05, 0) is 53.3 Å². The number of ether oxygens (including phenoxy) is 1. The summed E-state index contributed by atoms with van der Waals surface area (Å²) in [5.74, 6) is 0.923. The zero-order valence-corrected chi connectivity index (χ0v) is 12.7. The van der Waals surface area contributed by atoms with Crippen molar-refractivity contribution in [2.75, 3.05) is 12.4 Å². The van der Waals surface area contributed by atoms with Crippen LogP contribution >= 0.6 is 22.6 Å². The molecule has 3 heteroatoms. The molecule has 2 nitrogen and oxygen atoms in total. The molecule has 0 aromatic heterocycles. The Bertz CT molecular complexity index is 540. The van der Waals surface area contributed by atoms with Gasteiger partial charge in [-0.25, -0.2) is 0 Å². The second-order valence-corrected chi connectivity index (χ2v) is 5.29. The van der Waals surface area contributed by atoms with Crippen molar-refractivity contribution in [2.24, 2.45) is 0 Å². The summed E-state index contributed by atoms with van der Waals surface area (Å²) in [4.78, 5) is 0. The number of aryl methyl sites for hydroxylation is 1. The van der Waals surface area contributed by atoms with Crippen molar-refractivity contribution in [3.63, 3.8) is 0 Å². The molecule has 0 saturated carbocycles. The minimum atomic E-state index is 0.767. The average Bonchev–Trinajstić information content (AvgIpc) is 2.40. The number of benzene rings is 2. The van der Waals surface area contributed by atoms with E-state index in [0.29, 0.717) is 0 Å². The lowest BCUT2D eigenvalue weighted by molar-refractivity contribution is 0.410. The fraction of sp³-hybridized carbons (Fsp3) is 0.200. The maximum absolute atomic E-state index is 5.34. The quantitative estimate of drug-likeness (QED) is 0.831. The Labute approximate surface area is 122 Å². The highest BCUT2D eigenvalue weighted by Gasteiger charge is 2.02. The first-order valence-electron chi connectivity index (χ1n) is 5.82. The topological polar surface area (TPSA) is 21.3 Å². The van der Waals surface area contributed by atoms with Crippen LogP contribution in [-0.4, -0.2) is 7.11 Å². The average molecular weight is 353 g/mol. The first kappa shape index (κ1) is 13.2. The van der Waals surface area contributed by atoms with E-state index in [1.807, 2.05) is 18.2 Å². The third-order valence-electron chi connectivity index (χ3n) is 2.85. The third-order valence-corrected chi connectivity index (χ3v) is 4.01. The fourth-order valence-corrected chi connectivity index (χ4v) is 2.26. The number of nitrogens with one attached hydrogen (secondary N) is 1. The predicted octanol–water partition coefficient (Wildman–Crippen LogP) is 4.22. The lowest BCUT2D eigenvalue weighted by Gasteiger charge is -2.11. The van der Waals surface area contributed by atoms with Gasteiger partial charge in [0.2, 0.25) is 0 Å². The van der Waals surface area contributed by atoms with Gasteiger partial charge in [0.25, 0.3) is 0 Å². The van der Waals surface area contributed by atoms with Gasteiger partial charge < -0.3 is 10.1 Å². The van der Waals surface area contributed by atoms with Crippen LogP contribution in [0.5, 0.6) is 5.75 Å². The Hall–Kier alpha value is -1.23. The number of hydrogen-bond acceptors (Lipinski definition) is 2. The molecule has 2 aromatic carbocycles. The molecule has 0 fully saturated rings. The van der Waals surface area contributed by atoms with Crippen LogP contribution in [-0.2, 0) is 6.54 Å². The smallest absolute Gasteiger partial charge is 0.123 e. The van der Waals surface area contributed by atoms with E-state index in [2.05, 4.69) is 59.1 Å². The van der Waals surface area contributed by atoms with E-state index >= 15 is 0 Å². The summed E-state index contributed by atoms with van der Waals surface area (Å²) in [5.41, 5.74) is 3.60. The highest BCUT2D eigenvalue weighted by Crippen LogP contribution is 2.21. The summed E-state index contributed by atoms with van der Waals surface area (Å²) in [6.07, 6.45) is 0. The van der Waals surface area contributed by atoms with Gasteiger partial charge in [0.1, 0.15) is 5.75 Å². The monoisotopic (exact) mass is 353 g/mol. The first-order chi connectivity index (χ1) is 8.70. The van der Waals surface area contributed by atoms with Gasteiger partial charge in [0.05, 0.1) is 7.11 Å². The SMILES string of the molecule is COc1ccccc1CNc1ccc(C)c(I)c1. The maximum Gasteiger partial charge on any atom is 0.123 e. The van der Waals surface area contributed by atoms with Crippen LogP contribution in [0.2, 0.25) is 0 Å². The molecule has 0 bridgehead atoms. The minimum Gasteiger partial charge on any atom is -0.496 e. The Kier molecular flexibility index (Phi) is 4.47. The van der Waals surface area contributed by atoms with E-state index in [9.17, 15) is 0 Å². The van der Waals surface area contributed by atoms with Crippen molar-refractivity contribution in [1.29, 1.82) is 0 Å². The molecule has 0 saturated heterocycles. The molecule has 0 spiro atoms. The summed E-state index contributed by atoms with van der Waals surface area (Å²) >= 11 is 2.35. The van der Waals surface area contributed by atoms with Crippen LogP contribution in [0.4, 0.5) is 5.69 Å². The van der Waals surface area contributed by atoms with Gasteiger partial charge in [-0.2, -0.15) is 0 Å². The summed E-state index contributed by atoms with van der Waals surface area (Å²) in [7, 11) is 1.70. The molecule has 0 atom stereocenters. The maximum atomic E-state index is 5.34. The fourth-order valence-electron chi connectivity index (χ4n) is 1.75. The standard InChI is InChI=1S/C15H16INO/c1-11-7-8-13(9-14(11)16)17-10-12-5-3-4-6-15(12)18-2/h3-9,17H,10H2,1-2H3. The van der Waals surface area contributed by atoms with E-state index in [-0.39, 0.29) is 0 Å². The molecule has 1 N–H and O–H groups in total. The number of halogens is 1. The minimum absolute atomic E-state index is 0.767. The number of para-hydroxylation sites is 1. The van der Waals surface area contributed by atoms with Crippen molar-refractivity contribution in [1.82, 2.24) is 0 Å². The summed E-state index contributed by atoms with van der Waals surface area (Å²) < 4.78 is 6.61. The molecule has 0 heterocycles. The summed E-state index contributed by atoms with van der Waals surface area (Å²) in [6, 6.07) is 14.5. The largest absolute Gasteiger partial charge is 0.496 e. The molecule has 18 heavy (non-hydrogen) atoms. The third kappa shape index (κ3) is 3.16. The van der Waals surface area contributed by atoms with Crippen molar-refractivity contribution >= 4 is 28.3 Å². The van der Waals surface area contributed by atoms with Gasteiger partial charge in [-0.15, -0.1) is 0 Å². The van der Waals surface area contributed by atoms with E-state index in [4.69, 9.17) is 4.74 Å². The van der Waals surface area contributed by atoms with E-state index in [0.717, 1.165) is 23.5 Å². The van der Waals surface area contributed by atoms with Crippen molar-refractivity contribution < 1.29 is 4.74 Å². The van der Waals surface area contributed by atoms with Gasteiger partial charge >= 0.3 is 0 Å².